The number of hydrogen-bond acceptors (Lipinski definition) is 2. The van der Waals surface area contributed by atoms with Gasteiger partial charge < -0.3 is 0 Å². The van der Waals surface area contributed by atoms with E-state index >= 15 is 0 Å². The van der Waals surface area contributed by atoms with Crippen LogP contribution in [0.25, 0.3) is 0 Å². The van der Waals surface area contributed by atoms with Gasteiger partial charge in [0.1, 0.15) is 6.17 Å². The fraction of sp³-hybridized carbons (Fsp3) is 0.500. The molecule has 1 unspecified atom stereocenters. The Morgan fingerprint density at radius 2 is 2.55 bits per heavy atom. The molecule has 2 aliphatic carbocycles. The van der Waals surface area contributed by atoms with E-state index in [1.54, 1.807) is 6.08 Å². The van der Waals surface area contributed by atoms with E-state index in [4.69, 9.17) is 5.84 Å². The van der Waals surface area contributed by atoms with Crippen LogP contribution in [0.15, 0.2) is 23.3 Å². The number of alkyl halides is 1. The number of hydrogen-bond donors (Lipinski definition) is 2. The highest BCUT2D eigenvalue weighted by Gasteiger charge is 2.48. The number of nitrogens with one attached hydrogen (secondary N) is 1. The molecule has 0 fully saturated rings. The van der Waals surface area contributed by atoms with Crippen LogP contribution in [0.2, 0.25) is 0 Å². The Hall–Kier alpha value is -0.670. The first-order valence-corrected chi connectivity index (χ1v) is 3.72. The second-order valence-electron chi connectivity index (χ2n) is 3.24. The smallest absolute Gasteiger partial charge is 0.122 e. The molecule has 2 atom stereocenters. The molecule has 0 bridgehead atoms. The van der Waals surface area contributed by atoms with Crippen molar-refractivity contribution in [3.8, 4) is 0 Å². The van der Waals surface area contributed by atoms with Gasteiger partial charge in [0.25, 0.3) is 0 Å². The van der Waals surface area contributed by atoms with Gasteiger partial charge in [-0.3, -0.25) is 5.84 Å². The van der Waals surface area contributed by atoms with Crippen molar-refractivity contribution < 1.29 is 4.39 Å². The molecule has 0 aromatic heterocycles. The number of rotatable bonds is 1. The molecule has 0 aliphatic heterocycles. The molecule has 0 saturated heterocycles. The minimum Gasteiger partial charge on any atom is -0.270 e. The van der Waals surface area contributed by atoms with Gasteiger partial charge in [-0.25, -0.2) is 9.82 Å². The van der Waals surface area contributed by atoms with E-state index in [-0.39, 0.29) is 5.54 Å². The summed E-state index contributed by atoms with van der Waals surface area (Å²) in [5.74, 6) is 5.33. The number of allylic oxidation sites excluding steroid dienone is 1. The second-order valence-corrected chi connectivity index (χ2v) is 3.24. The van der Waals surface area contributed by atoms with Crippen LogP contribution < -0.4 is 11.3 Å². The molecule has 0 aromatic rings. The van der Waals surface area contributed by atoms with Crippen LogP contribution in [0.4, 0.5) is 4.39 Å². The molecular weight excluding hydrogens is 143 g/mol. The summed E-state index contributed by atoms with van der Waals surface area (Å²) < 4.78 is 12.8. The van der Waals surface area contributed by atoms with Crippen molar-refractivity contribution in [2.24, 2.45) is 5.84 Å². The fourth-order valence-corrected chi connectivity index (χ4v) is 1.68. The topological polar surface area (TPSA) is 38.0 Å². The van der Waals surface area contributed by atoms with Crippen LogP contribution >= 0.6 is 0 Å². The van der Waals surface area contributed by atoms with E-state index in [9.17, 15) is 4.39 Å². The van der Waals surface area contributed by atoms with Crippen LogP contribution in [-0.4, -0.2) is 11.7 Å². The zero-order valence-electron chi connectivity index (χ0n) is 6.39. The van der Waals surface area contributed by atoms with Gasteiger partial charge in [0.15, 0.2) is 0 Å². The van der Waals surface area contributed by atoms with E-state index in [1.165, 1.54) is 0 Å². The SMILES string of the molecule is CC1(NN)C2=C1C[C@H](F)C=C2. The Morgan fingerprint density at radius 1 is 1.82 bits per heavy atom. The van der Waals surface area contributed by atoms with Gasteiger partial charge in [-0.1, -0.05) is 12.2 Å². The maximum atomic E-state index is 12.8. The van der Waals surface area contributed by atoms with Crippen molar-refractivity contribution in [2.45, 2.75) is 25.1 Å². The Balaban J connectivity index is 2.18. The number of nitrogens with two attached hydrogens (primary N) is 1. The predicted molar refractivity (Wildman–Crippen MR) is 41.4 cm³/mol. The molecule has 3 N–H and O–H groups in total. The van der Waals surface area contributed by atoms with Crippen molar-refractivity contribution in [3.63, 3.8) is 0 Å². The first kappa shape index (κ1) is 7.00. The molecule has 0 radical (unpaired) electrons. The summed E-state index contributed by atoms with van der Waals surface area (Å²) in [6.45, 7) is 1.97. The van der Waals surface area contributed by atoms with Crippen LogP contribution in [0.1, 0.15) is 13.3 Å². The third-order valence-electron chi connectivity index (χ3n) is 2.56. The number of hydrazine groups is 1. The third-order valence-corrected chi connectivity index (χ3v) is 2.56. The van der Waals surface area contributed by atoms with Crippen LogP contribution in [-0.2, 0) is 0 Å². The van der Waals surface area contributed by atoms with E-state index in [0.29, 0.717) is 6.42 Å². The van der Waals surface area contributed by atoms with Crippen molar-refractivity contribution in [3.05, 3.63) is 23.3 Å². The summed E-state index contributed by atoms with van der Waals surface area (Å²) in [7, 11) is 0. The van der Waals surface area contributed by atoms with Gasteiger partial charge in [-0.05, 0) is 18.1 Å². The summed E-state index contributed by atoms with van der Waals surface area (Å²) in [4.78, 5) is 0. The highest BCUT2D eigenvalue weighted by Crippen LogP contribution is 2.49. The van der Waals surface area contributed by atoms with E-state index < -0.39 is 6.17 Å². The lowest BCUT2D eigenvalue weighted by atomic mass is 10.1. The highest BCUT2D eigenvalue weighted by atomic mass is 19.1. The fourth-order valence-electron chi connectivity index (χ4n) is 1.68. The molecule has 3 heteroatoms. The van der Waals surface area contributed by atoms with Gasteiger partial charge in [0.2, 0.25) is 0 Å². The lowest BCUT2D eigenvalue weighted by molar-refractivity contribution is 0.393. The average Bonchev–Trinajstić information content (AvgIpc) is 2.58. The largest absolute Gasteiger partial charge is 0.270 e. The molecular formula is C8H11FN2. The Kier molecular flexibility index (Phi) is 1.23. The van der Waals surface area contributed by atoms with Gasteiger partial charge in [0.05, 0.1) is 5.54 Å². The Bertz CT molecular complexity index is 257. The summed E-state index contributed by atoms with van der Waals surface area (Å²) in [6, 6.07) is 0. The monoisotopic (exact) mass is 154 g/mol. The zero-order chi connectivity index (χ0) is 8.06. The quantitative estimate of drug-likeness (QED) is 0.433. The molecule has 2 aliphatic rings. The molecule has 2 nitrogen and oxygen atoms in total. The first-order chi connectivity index (χ1) is 5.18. The van der Waals surface area contributed by atoms with Gasteiger partial charge in [0, 0.05) is 6.42 Å². The van der Waals surface area contributed by atoms with Crippen LogP contribution in [0.3, 0.4) is 0 Å². The van der Waals surface area contributed by atoms with Crippen molar-refractivity contribution in [1.29, 1.82) is 0 Å². The maximum Gasteiger partial charge on any atom is 0.122 e. The van der Waals surface area contributed by atoms with Gasteiger partial charge in [-0.2, -0.15) is 0 Å². The first-order valence-electron chi connectivity index (χ1n) is 3.72. The van der Waals surface area contributed by atoms with Crippen LogP contribution in [0, 0.1) is 0 Å². The van der Waals surface area contributed by atoms with Gasteiger partial charge in [-0.15, -0.1) is 0 Å². The normalized spacial score (nSPS) is 40.8. The lowest BCUT2D eigenvalue weighted by Crippen LogP contribution is -2.38. The second kappa shape index (κ2) is 1.93. The summed E-state index contributed by atoms with van der Waals surface area (Å²) in [6.07, 6.45) is 3.10. The third kappa shape index (κ3) is 0.781. The molecule has 60 valence electrons. The number of halogens is 1. The van der Waals surface area contributed by atoms with Crippen molar-refractivity contribution in [2.75, 3.05) is 0 Å². The molecule has 0 saturated carbocycles. The van der Waals surface area contributed by atoms with E-state index in [0.717, 1.165) is 11.1 Å². The molecule has 2 rings (SSSR count). The molecule has 0 spiro atoms. The average molecular weight is 154 g/mol. The highest BCUT2D eigenvalue weighted by molar-refractivity contribution is 5.62. The van der Waals surface area contributed by atoms with Gasteiger partial charge >= 0.3 is 0 Å². The molecule has 11 heavy (non-hydrogen) atoms. The van der Waals surface area contributed by atoms with Crippen LogP contribution in [0.5, 0.6) is 0 Å². The molecule has 0 heterocycles. The lowest BCUT2D eigenvalue weighted by Gasteiger charge is -2.10. The molecule has 0 aromatic carbocycles. The standard InChI is InChI=1S/C8H11FN2/c1-8(11-10)6-3-2-5(9)4-7(6)8/h2-3,5,11H,4,10H2,1H3/t5-,8?/m1/s1. The summed E-state index contributed by atoms with van der Waals surface area (Å²) >= 11 is 0. The Morgan fingerprint density at radius 3 is 3.09 bits per heavy atom. The maximum absolute atomic E-state index is 12.8. The zero-order valence-corrected chi connectivity index (χ0v) is 6.39. The summed E-state index contributed by atoms with van der Waals surface area (Å²) in [5, 5.41) is 0. The van der Waals surface area contributed by atoms with Crippen molar-refractivity contribution in [1.82, 2.24) is 5.43 Å². The van der Waals surface area contributed by atoms with E-state index in [2.05, 4.69) is 5.43 Å². The van der Waals surface area contributed by atoms with Crippen molar-refractivity contribution >= 4 is 0 Å². The summed E-state index contributed by atoms with van der Waals surface area (Å²) in [5.41, 5.74) is 4.77. The minimum absolute atomic E-state index is 0.197. The van der Waals surface area contributed by atoms with E-state index in [1.807, 2.05) is 13.0 Å². The minimum atomic E-state index is -0.816. The predicted octanol–water partition coefficient (Wildman–Crippen LogP) is 0.817. The Labute approximate surface area is 64.9 Å². The molecule has 0 amide bonds.